The zero-order valence-electron chi connectivity index (χ0n) is 13.7. The molecule has 5 nitrogen and oxygen atoms in total. The van der Waals surface area contributed by atoms with Gasteiger partial charge in [0.05, 0.1) is 15.3 Å². The van der Waals surface area contributed by atoms with Crippen molar-refractivity contribution < 1.29 is 4.79 Å². The molecule has 0 saturated heterocycles. The van der Waals surface area contributed by atoms with Gasteiger partial charge in [0.1, 0.15) is 0 Å². The maximum Gasteiger partial charge on any atom is 0.237 e. The fraction of sp³-hybridized carbons (Fsp3) is 0.235. The smallest absolute Gasteiger partial charge is 0.237 e. The third-order valence-corrected chi connectivity index (χ3v) is 5.22. The number of fused-ring (bicyclic) bond motifs is 1. The number of aromatic nitrogens is 3. The van der Waals surface area contributed by atoms with E-state index in [0.29, 0.717) is 20.8 Å². The van der Waals surface area contributed by atoms with Crippen LogP contribution in [-0.2, 0) is 11.2 Å². The van der Waals surface area contributed by atoms with Crippen LogP contribution < -0.4 is 5.32 Å². The highest BCUT2D eigenvalue weighted by Crippen LogP contribution is 2.28. The van der Waals surface area contributed by atoms with Crippen LogP contribution in [-0.4, -0.2) is 25.8 Å². The molecule has 0 aliphatic carbocycles. The van der Waals surface area contributed by atoms with Crippen molar-refractivity contribution in [3.05, 3.63) is 52.1 Å². The molecule has 1 amide bonds. The number of hydrogen-bond acceptors (Lipinski definition) is 4. The number of nitrogens with zero attached hydrogens (tertiary/aromatic N) is 3. The zero-order chi connectivity index (χ0) is 18.0. The van der Waals surface area contributed by atoms with Crippen molar-refractivity contribution in [2.45, 2.75) is 30.7 Å². The second-order valence-corrected chi connectivity index (χ2v) is 7.63. The van der Waals surface area contributed by atoms with Crippen molar-refractivity contribution in [3.8, 4) is 0 Å². The molecule has 130 valence electrons. The standard InChI is InChI=1S/C17H16Cl2N4OS/c1-3-11-4-6-13(7-5-11)20-16(24)10(2)25-17-22-21-15-14(19)8-12(18)9-23(15)17/h4-10H,3H2,1-2H3,(H,20,24)/t10-/m1/s1. The van der Waals surface area contributed by atoms with Gasteiger partial charge in [-0.1, -0.05) is 54.0 Å². The van der Waals surface area contributed by atoms with E-state index in [-0.39, 0.29) is 11.2 Å². The second kappa shape index (κ2) is 7.64. The van der Waals surface area contributed by atoms with E-state index in [0.717, 1.165) is 12.1 Å². The lowest BCUT2D eigenvalue weighted by atomic mass is 10.1. The number of anilines is 1. The van der Waals surface area contributed by atoms with Crippen LogP contribution in [0.1, 0.15) is 19.4 Å². The van der Waals surface area contributed by atoms with Gasteiger partial charge in [0.15, 0.2) is 10.8 Å². The summed E-state index contributed by atoms with van der Waals surface area (Å²) in [5.74, 6) is -0.112. The maximum atomic E-state index is 12.4. The number of rotatable bonds is 5. The van der Waals surface area contributed by atoms with E-state index in [4.69, 9.17) is 23.2 Å². The summed E-state index contributed by atoms with van der Waals surface area (Å²) in [4.78, 5) is 12.4. The van der Waals surface area contributed by atoms with Crippen LogP contribution in [0.4, 0.5) is 5.69 Å². The van der Waals surface area contributed by atoms with Gasteiger partial charge >= 0.3 is 0 Å². The molecule has 0 saturated carbocycles. The van der Waals surface area contributed by atoms with Gasteiger partial charge in [0.2, 0.25) is 5.91 Å². The van der Waals surface area contributed by atoms with Crippen LogP contribution >= 0.6 is 35.0 Å². The van der Waals surface area contributed by atoms with Crippen molar-refractivity contribution >= 4 is 52.2 Å². The van der Waals surface area contributed by atoms with Gasteiger partial charge in [-0.3, -0.25) is 9.20 Å². The van der Waals surface area contributed by atoms with Gasteiger partial charge in [-0.25, -0.2) is 0 Å². The first-order valence-corrected chi connectivity index (χ1v) is 9.37. The van der Waals surface area contributed by atoms with Crippen LogP contribution in [0, 0.1) is 0 Å². The fourth-order valence-corrected chi connectivity index (χ4v) is 3.59. The Morgan fingerprint density at radius 3 is 2.68 bits per heavy atom. The average Bonchev–Trinajstić information content (AvgIpc) is 2.98. The van der Waals surface area contributed by atoms with E-state index in [1.165, 1.54) is 17.3 Å². The van der Waals surface area contributed by atoms with E-state index in [9.17, 15) is 4.79 Å². The first-order valence-electron chi connectivity index (χ1n) is 7.74. The molecule has 2 heterocycles. The van der Waals surface area contributed by atoms with Crippen molar-refractivity contribution in [3.63, 3.8) is 0 Å². The predicted molar refractivity (Wildman–Crippen MR) is 103 cm³/mol. The van der Waals surface area contributed by atoms with Crippen LogP contribution in [0.5, 0.6) is 0 Å². The van der Waals surface area contributed by atoms with Crippen LogP contribution in [0.25, 0.3) is 5.65 Å². The van der Waals surface area contributed by atoms with Crippen molar-refractivity contribution in [2.75, 3.05) is 5.32 Å². The Balaban J connectivity index is 1.73. The Labute approximate surface area is 159 Å². The minimum atomic E-state index is -0.365. The molecule has 25 heavy (non-hydrogen) atoms. The third-order valence-electron chi connectivity index (χ3n) is 3.68. The van der Waals surface area contributed by atoms with E-state index in [1.54, 1.807) is 16.7 Å². The Morgan fingerprint density at radius 1 is 1.28 bits per heavy atom. The minimum absolute atomic E-state index is 0.112. The minimum Gasteiger partial charge on any atom is -0.325 e. The van der Waals surface area contributed by atoms with Crippen molar-refractivity contribution in [1.82, 2.24) is 14.6 Å². The molecule has 1 N–H and O–H groups in total. The molecule has 0 unspecified atom stereocenters. The number of carbonyl (C=O) groups excluding carboxylic acids is 1. The highest BCUT2D eigenvalue weighted by atomic mass is 35.5. The Kier molecular flexibility index (Phi) is 5.51. The lowest BCUT2D eigenvalue weighted by molar-refractivity contribution is -0.115. The molecule has 3 aromatic rings. The normalized spacial score (nSPS) is 12.3. The number of amides is 1. The van der Waals surface area contributed by atoms with E-state index < -0.39 is 0 Å². The molecule has 0 radical (unpaired) electrons. The number of carbonyl (C=O) groups is 1. The van der Waals surface area contributed by atoms with Gasteiger partial charge in [0, 0.05) is 11.9 Å². The maximum absolute atomic E-state index is 12.4. The highest BCUT2D eigenvalue weighted by Gasteiger charge is 2.19. The predicted octanol–water partition coefficient (Wildman–Crippen LogP) is 4.72. The van der Waals surface area contributed by atoms with Gasteiger partial charge < -0.3 is 5.32 Å². The summed E-state index contributed by atoms with van der Waals surface area (Å²) in [6.07, 6.45) is 2.64. The average molecular weight is 395 g/mol. The lowest BCUT2D eigenvalue weighted by Gasteiger charge is -2.11. The largest absolute Gasteiger partial charge is 0.325 e. The SMILES string of the molecule is CCc1ccc(NC(=O)[C@@H](C)Sc2nnc3c(Cl)cc(Cl)cn23)cc1. The van der Waals surface area contributed by atoms with Gasteiger partial charge in [-0.05, 0) is 37.1 Å². The Bertz CT molecular complexity index is 911. The third kappa shape index (κ3) is 4.08. The molecule has 0 aliphatic rings. The van der Waals surface area contributed by atoms with Crippen LogP contribution in [0.3, 0.4) is 0 Å². The zero-order valence-corrected chi connectivity index (χ0v) is 16.0. The quantitative estimate of drug-likeness (QED) is 0.636. The molecule has 8 heteroatoms. The van der Waals surface area contributed by atoms with E-state index in [1.807, 2.05) is 31.2 Å². The number of benzene rings is 1. The number of hydrogen-bond donors (Lipinski definition) is 1. The summed E-state index contributed by atoms with van der Waals surface area (Å²) in [7, 11) is 0. The number of thioether (sulfide) groups is 1. The van der Waals surface area contributed by atoms with Crippen molar-refractivity contribution in [2.24, 2.45) is 0 Å². The summed E-state index contributed by atoms with van der Waals surface area (Å²) >= 11 is 13.4. The molecule has 0 fully saturated rings. The van der Waals surface area contributed by atoms with Crippen molar-refractivity contribution in [1.29, 1.82) is 0 Å². The molecule has 1 atom stereocenters. The van der Waals surface area contributed by atoms with Gasteiger partial charge in [-0.15, -0.1) is 10.2 Å². The first-order chi connectivity index (χ1) is 12.0. The summed E-state index contributed by atoms with van der Waals surface area (Å²) in [6, 6.07) is 9.42. The molecule has 0 aliphatic heterocycles. The molecular weight excluding hydrogens is 379 g/mol. The van der Waals surface area contributed by atoms with Crippen LogP contribution in [0.2, 0.25) is 10.0 Å². The summed E-state index contributed by atoms with van der Waals surface area (Å²) in [5.41, 5.74) is 2.51. The van der Waals surface area contributed by atoms with Gasteiger partial charge in [-0.2, -0.15) is 0 Å². The highest BCUT2D eigenvalue weighted by molar-refractivity contribution is 8.00. The molecule has 2 aromatic heterocycles. The van der Waals surface area contributed by atoms with Crippen LogP contribution in [0.15, 0.2) is 41.7 Å². The van der Waals surface area contributed by atoms with Gasteiger partial charge in [0.25, 0.3) is 0 Å². The number of nitrogens with one attached hydrogen (secondary N) is 1. The number of pyridine rings is 1. The molecule has 0 bridgehead atoms. The second-order valence-electron chi connectivity index (χ2n) is 5.48. The Hall–Kier alpha value is -1.76. The lowest BCUT2D eigenvalue weighted by Crippen LogP contribution is -2.22. The Morgan fingerprint density at radius 2 is 2.00 bits per heavy atom. The van der Waals surface area contributed by atoms with E-state index in [2.05, 4.69) is 22.4 Å². The molecule has 0 spiro atoms. The topological polar surface area (TPSA) is 59.3 Å². The summed E-state index contributed by atoms with van der Waals surface area (Å²) < 4.78 is 1.69. The molecule has 1 aromatic carbocycles. The number of aryl methyl sites for hydroxylation is 1. The summed E-state index contributed by atoms with van der Waals surface area (Å²) in [5, 5.41) is 12.1. The first kappa shape index (κ1) is 18.0. The van der Waals surface area contributed by atoms with E-state index >= 15 is 0 Å². The monoisotopic (exact) mass is 394 g/mol. The fourth-order valence-electron chi connectivity index (χ4n) is 2.26. The summed E-state index contributed by atoms with van der Waals surface area (Å²) in [6.45, 7) is 3.90. The molecular formula is C17H16Cl2N4OS. The molecule has 3 rings (SSSR count). The number of halogens is 2.